The Labute approximate surface area is 112 Å². The first-order valence-electron chi connectivity index (χ1n) is 6.35. The van der Waals surface area contributed by atoms with Crippen LogP contribution in [0.3, 0.4) is 0 Å². The van der Waals surface area contributed by atoms with Crippen LogP contribution >= 0.6 is 0 Å². The van der Waals surface area contributed by atoms with Crippen molar-refractivity contribution >= 4 is 5.91 Å². The summed E-state index contributed by atoms with van der Waals surface area (Å²) in [6, 6.07) is 5.04. The molecule has 0 aliphatic carbocycles. The molecule has 1 amide bonds. The van der Waals surface area contributed by atoms with Gasteiger partial charge in [0.2, 0.25) is 0 Å². The minimum atomic E-state index is -0.0718. The molecular formula is C14H19NO4. The van der Waals surface area contributed by atoms with Crippen LogP contribution in [0.2, 0.25) is 0 Å². The van der Waals surface area contributed by atoms with Gasteiger partial charge in [0.05, 0.1) is 26.9 Å². The summed E-state index contributed by atoms with van der Waals surface area (Å²) in [4.78, 5) is 14.1. The zero-order valence-corrected chi connectivity index (χ0v) is 11.3. The summed E-state index contributed by atoms with van der Waals surface area (Å²) in [6.07, 6.45) is 1.79. The lowest BCUT2D eigenvalue weighted by Crippen LogP contribution is -2.37. The molecule has 5 nitrogen and oxygen atoms in total. The van der Waals surface area contributed by atoms with E-state index in [1.54, 1.807) is 37.3 Å². The summed E-state index contributed by atoms with van der Waals surface area (Å²) in [5, 5.41) is 9.28. The van der Waals surface area contributed by atoms with Crippen molar-refractivity contribution in [3.63, 3.8) is 0 Å². The predicted molar refractivity (Wildman–Crippen MR) is 70.7 cm³/mol. The molecule has 1 aromatic carbocycles. The van der Waals surface area contributed by atoms with Crippen molar-refractivity contribution in [3.05, 3.63) is 23.8 Å². The smallest absolute Gasteiger partial charge is 0.254 e. The number of hydrogen-bond donors (Lipinski definition) is 1. The molecule has 1 atom stereocenters. The molecule has 0 unspecified atom stereocenters. The molecule has 1 fully saturated rings. The molecule has 104 valence electrons. The Kier molecular flexibility index (Phi) is 4.27. The quantitative estimate of drug-likeness (QED) is 0.891. The molecule has 1 saturated heterocycles. The number of hydrogen-bond acceptors (Lipinski definition) is 4. The Bertz CT molecular complexity index is 461. The summed E-state index contributed by atoms with van der Waals surface area (Å²) in [5.74, 6) is 1.06. The van der Waals surface area contributed by atoms with E-state index >= 15 is 0 Å². The van der Waals surface area contributed by atoms with E-state index in [1.165, 1.54) is 0 Å². The number of likely N-dealkylation sites (tertiary alicyclic amines) is 1. The number of aliphatic hydroxyl groups is 1. The van der Waals surface area contributed by atoms with Crippen LogP contribution in [0.15, 0.2) is 18.2 Å². The van der Waals surface area contributed by atoms with Gasteiger partial charge in [-0.05, 0) is 31.0 Å². The molecule has 0 aromatic heterocycles. The second kappa shape index (κ2) is 5.93. The second-order valence-corrected chi connectivity index (χ2v) is 4.55. The Hall–Kier alpha value is -1.75. The van der Waals surface area contributed by atoms with Gasteiger partial charge in [0.1, 0.15) is 0 Å². The van der Waals surface area contributed by atoms with Gasteiger partial charge in [0.25, 0.3) is 5.91 Å². The molecule has 19 heavy (non-hydrogen) atoms. The number of benzene rings is 1. The third kappa shape index (κ3) is 2.66. The van der Waals surface area contributed by atoms with Crippen LogP contribution in [-0.2, 0) is 0 Å². The summed E-state index contributed by atoms with van der Waals surface area (Å²) < 4.78 is 10.3. The van der Waals surface area contributed by atoms with E-state index in [0.29, 0.717) is 23.6 Å². The van der Waals surface area contributed by atoms with Crippen LogP contribution < -0.4 is 9.47 Å². The third-order valence-corrected chi connectivity index (χ3v) is 3.48. The van der Waals surface area contributed by atoms with Gasteiger partial charge in [-0.25, -0.2) is 0 Å². The first-order valence-corrected chi connectivity index (χ1v) is 6.35. The highest BCUT2D eigenvalue weighted by molar-refractivity contribution is 5.95. The SMILES string of the molecule is COc1ccc(C(=O)N2CCC[C@@H]2CO)cc1OC. The van der Waals surface area contributed by atoms with E-state index in [4.69, 9.17) is 9.47 Å². The maximum atomic E-state index is 12.4. The zero-order chi connectivity index (χ0) is 13.8. The second-order valence-electron chi connectivity index (χ2n) is 4.55. The summed E-state index contributed by atoms with van der Waals surface area (Å²) in [7, 11) is 3.10. The van der Waals surface area contributed by atoms with Gasteiger partial charge in [-0.15, -0.1) is 0 Å². The van der Waals surface area contributed by atoms with E-state index in [-0.39, 0.29) is 18.6 Å². The maximum Gasteiger partial charge on any atom is 0.254 e. The molecule has 2 rings (SSSR count). The van der Waals surface area contributed by atoms with Gasteiger partial charge < -0.3 is 19.5 Å². The van der Waals surface area contributed by atoms with E-state index in [1.807, 2.05) is 0 Å². The molecule has 1 aliphatic rings. The zero-order valence-electron chi connectivity index (χ0n) is 11.3. The summed E-state index contributed by atoms with van der Waals surface area (Å²) >= 11 is 0. The highest BCUT2D eigenvalue weighted by Gasteiger charge is 2.29. The number of methoxy groups -OCH3 is 2. The molecule has 1 heterocycles. The number of carbonyl (C=O) groups is 1. The summed E-state index contributed by atoms with van der Waals surface area (Å²) in [6.45, 7) is 0.706. The lowest BCUT2D eigenvalue weighted by atomic mass is 10.1. The van der Waals surface area contributed by atoms with Crippen LogP contribution in [0, 0.1) is 0 Å². The van der Waals surface area contributed by atoms with Crippen LogP contribution in [0.5, 0.6) is 11.5 Å². The van der Waals surface area contributed by atoms with Crippen LogP contribution in [-0.4, -0.2) is 49.3 Å². The number of aliphatic hydroxyl groups excluding tert-OH is 1. The van der Waals surface area contributed by atoms with Crippen molar-refractivity contribution in [2.75, 3.05) is 27.4 Å². The Morgan fingerprint density at radius 3 is 2.74 bits per heavy atom. The molecule has 1 N–H and O–H groups in total. The lowest BCUT2D eigenvalue weighted by molar-refractivity contribution is 0.0677. The van der Waals surface area contributed by atoms with Gasteiger partial charge in [0, 0.05) is 12.1 Å². The normalized spacial score (nSPS) is 18.5. The average molecular weight is 265 g/mol. The standard InChI is InChI=1S/C14H19NO4/c1-18-12-6-5-10(8-13(12)19-2)14(17)15-7-3-4-11(15)9-16/h5-6,8,11,16H,3-4,7,9H2,1-2H3/t11-/m1/s1. The van der Waals surface area contributed by atoms with Crippen LogP contribution in [0.4, 0.5) is 0 Å². The topological polar surface area (TPSA) is 59.0 Å². The van der Waals surface area contributed by atoms with E-state index in [2.05, 4.69) is 0 Å². The molecular weight excluding hydrogens is 246 g/mol. The van der Waals surface area contributed by atoms with Gasteiger partial charge in [-0.3, -0.25) is 4.79 Å². The first kappa shape index (κ1) is 13.7. The molecule has 1 aromatic rings. The number of amides is 1. The Balaban J connectivity index is 2.24. The molecule has 0 spiro atoms. The minimum Gasteiger partial charge on any atom is -0.493 e. The number of carbonyl (C=O) groups excluding carboxylic acids is 1. The fraction of sp³-hybridized carbons (Fsp3) is 0.500. The van der Waals surface area contributed by atoms with Crippen molar-refractivity contribution < 1.29 is 19.4 Å². The molecule has 0 radical (unpaired) electrons. The van der Waals surface area contributed by atoms with Crippen molar-refractivity contribution in [2.24, 2.45) is 0 Å². The minimum absolute atomic E-state index is 0.0129. The molecule has 0 bridgehead atoms. The maximum absolute atomic E-state index is 12.4. The first-order chi connectivity index (χ1) is 9.21. The number of rotatable bonds is 4. The molecule has 1 aliphatic heterocycles. The van der Waals surface area contributed by atoms with Gasteiger partial charge in [0.15, 0.2) is 11.5 Å². The number of ether oxygens (including phenoxy) is 2. The summed E-state index contributed by atoms with van der Waals surface area (Å²) in [5.41, 5.74) is 0.554. The largest absolute Gasteiger partial charge is 0.493 e. The highest BCUT2D eigenvalue weighted by Crippen LogP contribution is 2.29. The van der Waals surface area contributed by atoms with Gasteiger partial charge >= 0.3 is 0 Å². The monoisotopic (exact) mass is 265 g/mol. The van der Waals surface area contributed by atoms with E-state index in [0.717, 1.165) is 12.8 Å². The fourth-order valence-corrected chi connectivity index (χ4v) is 2.43. The van der Waals surface area contributed by atoms with E-state index < -0.39 is 0 Å². The van der Waals surface area contributed by atoms with Crippen LogP contribution in [0.25, 0.3) is 0 Å². The van der Waals surface area contributed by atoms with Gasteiger partial charge in [-0.2, -0.15) is 0 Å². The van der Waals surface area contributed by atoms with Crippen molar-refractivity contribution in [1.82, 2.24) is 4.90 Å². The average Bonchev–Trinajstić information content (AvgIpc) is 2.94. The fourth-order valence-electron chi connectivity index (χ4n) is 2.43. The molecule has 5 heteroatoms. The van der Waals surface area contributed by atoms with Crippen molar-refractivity contribution in [3.8, 4) is 11.5 Å². The Morgan fingerprint density at radius 1 is 1.37 bits per heavy atom. The Morgan fingerprint density at radius 2 is 2.11 bits per heavy atom. The predicted octanol–water partition coefficient (Wildman–Crippen LogP) is 1.30. The van der Waals surface area contributed by atoms with Crippen LogP contribution in [0.1, 0.15) is 23.2 Å². The van der Waals surface area contributed by atoms with Crippen molar-refractivity contribution in [2.45, 2.75) is 18.9 Å². The van der Waals surface area contributed by atoms with E-state index in [9.17, 15) is 9.90 Å². The third-order valence-electron chi connectivity index (χ3n) is 3.48. The molecule has 0 saturated carbocycles. The highest BCUT2D eigenvalue weighted by atomic mass is 16.5. The number of nitrogens with zero attached hydrogens (tertiary/aromatic N) is 1. The van der Waals surface area contributed by atoms with Crippen molar-refractivity contribution in [1.29, 1.82) is 0 Å². The lowest BCUT2D eigenvalue weighted by Gasteiger charge is -2.23. The van der Waals surface area contributed by atoms with Gasteiger partial charge in [-0.1, -0.05) is 0 Å².